The highest BCUT2D eigenvalue weighted by molar-refractivity contribution is 9.11. The third-order valence-electron chi connectivity index (χ3n) is 2.63. The molecule has 7 heteroatoms. The topological polar surface area (TPSA) is 38.3 Å². The van der Waals surface area contributed by atoms with Gasteiger partial charge >= 0.3 is 0 Å². The second-order valence-electron chi connectivity index (χ2n) is 4.26. The number of rotatable bonds is 5. The molecule has 112 valence electrons. The summed E-state index contributed by atoms with van der Waals surface area (Å²) >= 11 is 8.14. The van der Waals surface area contributed by atoms with Crippen molar-refractivity contribution in [2.24, 2.45) is 0 Å². The van der Waals surface area contributed by atoms with Crippen LogP contribution in [0.1, 0.15) is 11.8 Å². The van der Waals surface area contributed by atoms with Gasteiger partial charge in [0.15, 0.2) is 6.10 Å². The van der Waals surface area contributed by atoms with Gasteiger partial charge in [-0.25, -0.2) is 4.39 Å². The van der Waals surface area contributed by atoms with E-state index >= 15 is 0 Å². The summed E-state index contributed by atoms with van der Waals surface area (Å²) in [6, 6.07) is 7.94. The summed E-state index contributed by atoms with van der Waals surface area (Å²) in [7, 11) is 0. The zero-order valence-corrected chi connectivity index (χ0v) is 15.0. The fraction of sp³-hybridized carbons (Fsp3) is 0.214. The molecule has 0 bridgehead atoms. The molecule has 1 aromatic heterocycles. The van der Waals surface area contributed by atoms with Crippen LogP contribution in [0.3, 0.4) is 0 Å². The second-order valence-corrected chi connectivity index (χ2v) is 7.66. The Kier molecular flexibility index (Phi) is 5.78. The van der Waals surface area contributed by atoms with Crippen LogP contribution in [0.5, 0.6) is 5.75 Å². The molecule has 3 nitrogen and oxygen atoms in total. The first-order valence-electron chi connectivity index (χ1n) is 6.09. The lowest BCUT2D eigenvalue weighted by molar-refractivity contribution is -0.127. The third-order valence-corrected chi connectivity index (χ3v) is 4.88. The average Bonchev–Trinajstić information content (AvgIpc) is 2.85. The van der Waals surface area contributed by atoms with Crippen LogP contribution < -0.4 is 10.1 Å². The number of carbonyl (C=O) groups excluding carboxylic acids is 1. The van der Waals surface area contributed by atoms with Gasteiger partial charge in [-0.3, -0.25) is 4.79 Å². The molecule has 1 unspecified atom stereocenters. The van der Waals surface area contributed by atoms with Crippen LogP contribution in [0.2, 0.25) is 0 Å². The van der Waals surface area contributed by atoms with Crippen LogP contribution in [-0.2, 0) is 11.3 Å². The molecule has 2 rings (SSSR count). The van der Waals surface area contributed by atoms with Gasteiger partial charge in [0.1, 0.15) is 11.6 Å². The highest BCUT2D eigenvalue weighted by Gasteiger charge is 2.16. The maximum atomic E-state index is 13.0. The first-order valence-corrected chi connectivity index (χ1v) is 8.49. The van der Waals surface area contributed by atoms with E-state index in [1.54, 1.807) is 18.3 Å². The number of amides is 1. The standard InChI is InChI=1S/C14H12Br2FNO2S/c1-8(20-12-4-2-9(17)6-11(12)15)14(19)18-7-10-3-5-13(16)21-10/h2-6,8H,7H2,1H3,(H,18,19). The largest absolute Gasteiger partial charge is 0.480 e. The molecule has 1 aromatic carbocycles. The Bertz CT molecular complexity index is 648. The molecule has 0 saturated carbocycles. The van der Waals surface area contributed by atoms with E-state index in [0.717, 1.165) is 8.66 Å². The van der Waals surface area contributed by atoms with Crippen molar-refractivity contribution in [3.05, 3.63) is 49.3 Å². The molecule has 0 spiro atoms. The number of benzene rings is 1. The van der Waals surface area contributed by atoms with Gasteiger partial charge in [-0.05, 0) is 69.1 Å². The monoisotopic (exact) mass is 435 g/mol. The minimum Gasteiger partial charge on any atom is -0.480 e. The van der Waals surface area contributed by atoms with E-state index in [4.69, 9.17) is 4.74 Å². The van der Waals surface area contributed by atoms with Crippen molar-refractivity contribution >= 4 is 49.1 Å². The van der Waals surface area contributed by atoms with Gasteiger partial charge in [0, 0.05) is 4.88 Å². The van der Waals surface area contributed by atoms with Gasteiger partial charge in [-0.2, -0.15) is 0 Å². The third kappa shape index (κ3) is 4.79. The second kappa shape index (κ2) is 7.38. The van der Waals surface area contributed by atoms with E-state index in [-0.39, 0.29) is 11.7 Å². The fourth-order valence-corrected chi connectivity index (χ4v) is 3.45. The van der Waals surface area contributed by atoms with E-state index in [9.17, 15) is 9.18 Å². The van der Waals surface area contributed by atoms with Crippen molar-refractivity contribution in [2.45, 2.75) is 19.6 Å². The highest BCUT2D eigenvalue weighted by atomic mass is 79.9. The number of hydrogen-bond donors (Lipinski definition) is 1. The van der Waals surface area contributed by atoms with Gasteiger partial charge < -0.3 is 10.1 Å². The molecule has 0 aliphatic heterocycles. The number of carbonyl (C=O) groups is 1. The Morgan fingerprint density at radius 2 is 2.14 bits per heavy atom. The van der Waals surface area contributed by atoms with Crippen molar-refractivity contribution in [3.63, 3.8) is 0 Å². The number of thiophene rings is 1. The fourth-order valence-electron chi connectivity index (χ4n) is 1.58. The summed E-state index contributed by atoms with van der Waals surface area (Å²) in [6.07, 6.45) is -0.671. The maximum Gasteiger partial charge on any atom is 0.261 e. The van der Waals surface area contributed by atoms with Crippen LogP contribution in [0.25, 0.3) is 0 Å². The van der Waals surface area contributed by atoms with E-state index in [2.05, 4.69) is 37.2 Å². The van der Waals surface area contributed by atoms with Crippen molar-refractivity contribution in [3.8, 4) is 5.75 Å². The summed E-state index contributed by atoms with van der Waals surface area (Å²) in [4.78, 5) is 13.0. The predicted octanol–water partition coefficient (Wildman–Crippen LogP) is 4.50. The molecular formula is C14H12Br2FNO2S. The number of hydrogen-bond acceptors (Lipinski definition) is 3. The highest BCUT2D eigenvalue weighted by Crippen LogP contribution is 2.26. The van der Waals surface area contributed by atoms with Gasteiger partial charge in [-0.15, -0.1) is 11.3 Å². The van der Waals surface area contributed by atoms with Gasteiger partial charge in [-0.1, -0.05) is 0 Å². The van der Waals surface area contributed by atoms with E-state index in [0.29, 0.717) is 16.8 Å². The van der Waals surface area contributed by atoms with Crippen molar-refractivity contribution in [1.82, 2.24) is 5.32 Å². The number of ether oxygens (including phenoxy) is 1. The van der Waals surface area contributed by atoms with Crippen LogP contribution in [-0.4, -0.2) is 12.0 Å². The van der Waals surface area contributed by atoms with Crippen LogP contribution in [0.4, 0.5) is 4.39 Å². The zero-order chi connectivity index (χ0) is 15.4. The minimum absolute atomic E-state index is 0.226. The van der Waals surface area contributed by atoms with Crippen molar-refractivity contribution in [2.75, 3.05) is 0 Å². The molecule has 0 fully saturated rings. The van der Waals surface area contributed by atoms with Gasteiger partial charge in [0.25, 0.3) is 5.91 Å². The Labute approximate surface area is 142 Å². The Morgan fingerprint density at radius 3 is 2.76 bits per heavy atom. The lowest BCUT2D eigenvalue weighted by Gasteiger charge is -2.15. The van der Waals surface area contributed by atoms with Crippen molar-refractivity contribution < 1.29 is 13.9 Å². The summed E-state index contributed by atoms with van der Waals surface area (Å²) < 4.78 is 20.0. The normalized spacial score (nSPS) is 12.0. The summed E-state index contributed by atoms with van der Waals surface area (Å²) in [5, 5.41) is 2.80. The smallest absolute Gasteiger partial charge is 0.261 e. The molecular weight excluding hydrogens is 425 g/mol. The molecule has 21 heavy (non-hydrogen) atoms. The minimum atomic E-state index is -0.671. The predicted molar refractivity (Wildman–Crippen MR) is 88.1 cm³/mol. The average molecular weight is 437 g/mol. The van der Waals surface area contributed by atoms with Crippen LogP contribution in [0.15, 0.2) is 38.6 Å². The molecule has 0 radical (unpaired) electrons. The zero-order valence-electron chi connectivity index (χ0n) is 11.0. The Hall–Kier alpha value is -0.920. The Balaban J connectivity index is 1.90. The number of halogens is 3. The van der Waals surface area contributed by atoms with Crippen LogP contribution in [0, 0.1) is 5.82 Å². The molecule has 2 aromatic rings. The molecule has 1 N–H and O–H groups in total. The lowest BCUT2D eigenvalue weighted by Crippen LogP contribution is -2.35. The van der Waals surface area contributed by atoms with Gasteiger partial charge in [0.05, 0.1) is 14.8 Å². The Morgan fingerprint density at radius 1 is 1.38 bits per heavy atom. The molecule has 0 aliphatic carbocycles. The SMILES string of the molecule is CC(Oc1ccc(F)cc1Br)C(=O)NCc1ccc(Br)s1. The maximum absolute atomic E-state index is 13.0. The van der Waals surface area contributed by atoms with Crippen molar-refractivity contribution in [1.29, 1.82) is 0 Å². The molecule has 1 heterocycles. The molecule has 1 amide bonds. The van der Waals surface area contributed by atoms with E-state index in [1.807, 2.05) is 12.1 Å². The first-order chi connectivity index (χ1) is 9.95. The lowest BCUT2D eigenvalue weighted by atomic mass is 10.3. The quantitative estimate of drug-likeness (QED) is 0.749. The van der Waals surface area contributed by atoms with Gasteiger partial charge in [0.2, 0.25) is 0 Å². The first kappa shape index (κ1) is 16.5. The van der Waals surface area contributed by atoms with E-state index in [1.165, 1.54) is 18.2 Å². The summed E-state index contributed by atoms with van der Waals surface area (Å²) in [6.45, 7) is 2.10. The molecule has 0 saturated heterocycles. The summed E-state index contributed by atoms with van der Waals surface area (Å²) in [5.74, 6) is -0.164. The number of nitrogens with one attached hydrogen (secondary N) is 1. The van der Waals surface area contributed by atoms with E-state index < -0.39 is 6.10 Å². The summed E-state index contributed by atoms with van der Waals surface area (Å²) in [5.41, 5.74) is 0. The molecule has 1 atom stereocenters. The van der Waals surface area contributed by atoms with Crippen LogP contribution >= 0.6 is 43.2 Å². The molecule has 0 aliphatic rings.